The third-order valence-corrected chi connectivity index (χ3v) is 8.04. The number of piperidine rings is 1. The summed E-state index contributed by atoms with van der Waals surface area (Å²) in [4.78, 5) is 6.10. The molecule has 1 aromatic carbocycles. The highest BCUT2D eigenvalue weighted by atomic mass is 19.2. The number of aromatic nitrogens is 3. The summed E-state index contributed by atoms with van der Waals surface area (Å²) in [7, 11) is 0. The molecule has 5 nitrogen and oxygen atoms in total. The van der Waals surface area contributed by atoms with E-state index in [2.05, 4.69) is 41.9 Å². The lowest BCUT2D eigenvalue weighted by molar-refractivity contribution is 0.0381. The lowest BCUT2D eigenvalue weighted by Crippen LogP contribution is -2.42. The van der Waals surface area contributed by atoms with E-state index in [1.54, 1.807) is 0 Å². The minimum atomic E-state index is -1.09. The van der Waals surface area contributed by atoms with E-state index in [9.17, 15) is 13.9 Å². The number of likely N-dealkylation sites (tertiary alicyclic amines) is 1. The maximum Gasteiger partial charge on any atom is 0.248 e. The summed E-state index contributed by atoms with van der Waals surface area (Å²) in [5.41, 5.74) is 5.83. The molecule has 1 saturated carbocycles. The van der Waals surface area contributed by atoms with Crippen molar-refractivity contribution in [2.24, 2.45) is 11.3 Å². The predicted octanol–water partition coefficient (Wildman–Crippen LogP) is 6.02. The molecule has 1 N–H and O–H groups in total. The van der Waals surface area contributed by atoms with Crippen molar-refractivity contribution < 1.29 is 13.9 Å². The molecule has 0 bridgehead atoms. The number of aryl methyl sites for hydroxylation is 1. The minimum absolute atomic E-state index is 0.0549. The first-order chi connectivity index (χ1) is 17.3. The van der Waals surface area contributed by atoms with E-state index in [1.165, 1.54) is 49.1 Å². The van der Waals surface area contributed by atoms with Crippen LogP contribution in [-0.4, -0.2) is 44.5 Å². The molecule has 0 radical (unpaired) electrons. The van der Waals surface area contributed by atoms with E-state index in [0.29, 0.717) is 23.9 Å². The Morgan fingerprint density at radius 2 is 1.89 bits per heavy atom. The van der Waals surface area contributed by atoms with Gasteiger partial charge in [-0.25, -0.2) is 9.37 Å². The van der Waals surface area contributed by atoms with Gasteiger partial charge in [0.2, 0.25) is 5.95 Å². The van der Waals surface area contributed by atoms with Crippen LogP contribution in [0.4, 0.5) is 8.78 Å². The van der Waals surface area contributed by atoms with Crippen LogP contribution in [0.5, 0.6) is 0 Å². The van der Waals surface area contributed by atoms with Crippen molar-refractivity contribution in [1.29, 1.82) is 0 Å². The van der Waals surface area contributed by atoms with Gasteiger partial charge >= 0.3 is 0 Å². The molecule has 3 heterocycles. The average Bonchev–Trinajstić information content (AvgIpc) is 3.64. The fraction of sp³-hybridized carbons (Fsp3) is 0.517. The predicted molar refractivity (Wildman–Crippen MR) is 137 cm³/mol. The molecular formula is C29H36F2N4O. The number of pyridine rings is 1. The summed E-state index contributed by atoms with van der Waals surface area (Å²) < 4.78 is 29.0. The van der Waals surface area contributed by atoms with Crippen LogP contribution in [0.15, 0.2) is 36.5 Å². The molecule has 2 fully saturated rings. The summed E-state index contributed by atoms with van der Waals surface area (Å²) in [5, 5.41) is 14.6. The first kappa shape index (κ1) is 25.0. The lowest BCUT2D eigenvalue weighted by Gasteiger charge is -2.41. The van der Waals surface area contributed by atoms with Crippen LogP contribution in [0, 0.1) is 23.1 Å². The van der Waals surface area contributed by atoms with Gasteiger partial charge in [0.15, 0.2) is 5.82 Å². The summed E-state index contributed by atoms with van der Waals surface area (Å²) in [6, 6.07) is 9.78. The summed E-state index contributed by atoms with van der Waals surface area (Å²) >= 11 is 0. The van der Waals surface area contributed by atoms with E-state index >= 15 is 0 Å². The van der Waals surface area contributed by atoms with Crippen LogP contribution in [0.25, 0.3) is 22.5 Å². The van der Waals surface area contributed by atoms with E-state index < -0.39 is 11.8 Å². The fourth-order valence-corrected chi connectivity index (χ4v) is 5.47. The zero-order valence-corrected chi connectivity index (χ0v) is 21.5. The standard InChI is InChI=1S/C29H36F2N4O/c1-4-35-27(22-13-25(30)28(31)32-15-22)14-26(33-35)20-9-10-21(24(12-20)19-7-8-19)16-34-11-5-6-23(17-34)29(2,3)18-36/h9-10,12-15,19,23,36H,4-8,11,16-18H2,1-3H3/t23-/m0/s1. The Bertz CT molecular complexity index is 1230. The molecule has 192 valence electrons. The smallest absolute Gasteiger partial charge is 0.248 e. The van der Waals surface area contributed by atoms with Gasteiger partial charge in [0, 0.05) is 43.6 Å². The van der Waals surface area contributed by atoms with Crippen molar-refractivity contribution in [3.8, 4) is 22.5 Å². The topological polar surface area (TPSA) is 54.2 Å². The molecule has 2 aliphatic rings. The molecule has 7 heteroatoms. The highest BCUT2D eigenvalue weighted by Gasteiger charge is 2.33. The number of halogens is 2. The molecule has 0 spiro atoms. The van der Waals surface area contributed by atoms with E-state index in [0.717, 1.165) is 36.6 Å². The first-order valence-electron chi connectivity index (χ1n) is 13.1. The Hall–Kier alpha value is -2.64. The number of hydrogen-bond donors (Lipinski definition) is 1. The number of nitrogens with zero attached hydrogens (tertiary/aromatic N) is 4. The van der Waals surface area contributed by atoms with E-state index in [-0.39, 0.29) is 12.0 Å². The van der Waals surface area contributed by atoms with Crippen molar-refractivity contribution in [2.45, 2.75) is 65.5 Å². The largest absolute Gasteiger partial charge is 0.396 e. The zero-order chi connectivity index (χ0) is 25.4. The number of aliphatic hydroxyl groups excluding tert-OH is 1. The molecule has 2 aromatic heterocycles. The van der Waals surface area contributed by atoms with Crippen molar-refractivity contribution in [3.05, 3.63) is 59.4 Å². The normalized spacial score (nSPS) is 19.1. The van der Waals surface area contributed by atoms with Crippen LogP contribution in [0.3, 0.4) is 0 Å². The van der Waals surface area contributed by atoms with E-state index in [1.807, 2.05) is 17.7 Å². The van der Waals surface area contributed by atoms with Crippen LogP contribution >= 0.6 is 0 Å². The van der Waals surface area contributed by atoms with Crippen molar-refractivity contribution in [1.82, 2.24) is 19.7 Å². The van der Waals surface area contributed by atoms with Crippen LogP contribution < -0.4 is 0 Å². The van der Waals surface area contributed by atoms with Gasteiger partial charge in [-0.15, -0.1) is 0 Å². The molecule has 3 aromatic rings. The molecule has 0 amide bonds. The van der Waals surface area contributed by atoms with Crippen LogP contribution in [-0.2, 0) is 13.1 Å². The van der Waals surface area contributed by atoms with Gasteiger partial charge in [-0.3, -0.25) is 9.58 Å². The van der Waals surface area contributed by atoms with Crippen LogP contribution in [0.1, 0.15) is 63.5 Å². The second-order valence-electron chi connectivity index (χ2n) is 11.1. The van der Waals surface area contributed by atoms with Gasteiger partial charge in [0.25, 0.3) is 0 Å². The Morgan fingerprint density at radius 1 is 1.08 bits per heavy atom. The third-order valence-electron chi connectivity index (χ3n) is 8.04. The van der Waals surface area contributed by atoms with E-state index in [4.69, 9.17) is 5.10 Å². The minimum Gasteiger partial charge on any atom is -0.396 e. The molecule has 1 aliphatic heterocycles. The monoisotopic (exact) mass is 494 g/mol. The van der Waals surface area contributed by atoms with Gasteiger partial charge in [-0.2, -0.15) is 9.49 Å². The molecular weight excluding hydrogens is 458 g/mol. The van der Waals surface area contributed by atoms with Gasteiger partial charge < -0.3 is 5.11 Å². The molecule has 0 unspecified atom stereocenters. The zero-order valence-electron chi connectivity index (χ0n) is 21.5. The number of aliphatic hydroxyl groups is 1. The second kappa shape index (κ2) is 10.0. The third kappa shape index (κ3) is 5.09. The second-order valence-corrected chi connectivity index (χ2v) is 11.1. The summed E-state index contributed by atoms with van der Waals surface area (Å²) in [6.07, 6.45) is 6.13. The molecule has 1 saturated heterocycles. The van der Waals surface area contributed by atoms with Gasteiger partial charge in [0.1, 0.15) is 0 Å². The van der Waals surface area contributed by atoms with Crippen molar-refractivity contribution >= 4 is 0 Å². The fourth-order valence-electron chi connectivity index (χ4n) is 5.47. The van der Waals surface area contributed by atoms with Gasteiger partial charge in [-0.05, 0) is 85.7 Å². The molecule has 36 heavy (non-hydrogen) atoms. The van der Waals surface area contributed by atoms with Crippen LogP contribution in [0.2, 0.25) is 0 Å². The SMILES string of the molecule is CCn1nc(-c2ccc(CN3CCC[C@H](C(C)(C)CO)C3)c(C3CC3)c2)cc1-c1cnc(F)c(F)c1. The van der Waals surface area contributed by atoms with Gasteiger partial charge in [-0.1, -0.05) is 26.0 Å². The maximum absolute atomic E-state index is 13.8. The molecule has 1 atom stereocenters. The Labute approximate surface area is 212 Å². The van der Waals surface area contributed by atoms with Gasteiger partial charge in [0.05, 0.1) is 11.4 Å². The van der Waals surface area contributed by atoms with Crippen molar-refractivity contribution in [3.63, 3.8) is 0 Å². The maximum atomic E-state index is 13.8. The highest BCUT2D eigenvalue weighted by Crippen LogP contribution is 2.44. The Morgan fingerprint density at radius 3 is 2.58 bits per heavy atom. The number of hydrogen-bond acceptors (Lipinski definition) is 4. The Balaban J connectivity index is 1.41. The quantitative estimate of drug-likeness (QED) is 0.389. The highest BCUT2D eigenvalue weighted by molar-refractivity contribution is 5.69. The summed E-state index contributed by atoms with van der Waals surface area (Å²) in [6.45, 7) is 10.2. The first-order valence-corrected chi connectivity index (χ1v) is 13.1. The van der Waals surface area contributed by atoms with Crippen molar-refractivity contribution in [2.75, 3.05) is 19.7 Å². The average molecular weight is 495 g/mol. The summed E-state index contributed by atoms with van der Waals surface area (Å²) in [5.74, 6) is -0.952. The Kier molecular flexibility index (Phi) is 6.97. The lowest BCUT2D eigenvalue weighted by atomic mass is 9.75. The molecule has 1 aliphatic carbocycles. The number of rotatable bonds is 8. The molecule has 5 rings (SSSR count). The number of benzene rings is 1.